The number of piperidine rings is 1. The van der Waals surface area contributed by atoms with Crippen molar-refractivity contribution < 1.29 is 14.5 Å². The summed E-state index contributed by atoms with van der Waals surface area (Å²) in [5.74, 6) is -0.656. The van der Waals surface area contributed by atoms with Crippen molar-refractivity contribution in [2.24, 2.45) is 0 Å². The Bertz CT molecular complexity index is 622. The predicted octanol–water partition coefficient (Wildman–Crippen LogP) is 2.81. The van der Waals surface area contributed by atoms with Crippen LogP contribution in [-0.4, -0.2) is 47.6 Å². The number of esters is 1. The standard InChI is InChI=1S/C17H23N3O4/c1-2-24-17(21)15-11-13(3-6-16(15)20(22)23)18-12-7-9-19(10-8-12)14-4-5-14/h3,6,11-12,14,18H,2,4-5,7-10H2,1H3. The molecule has 0 radical (unpaired) electrons. The third kappa shape index (κ3) is 3.84. The molecule has 130 valence electrons. The third-order valence-electron chi connectivity index (χ3n) is 4.65. The van der Waals surface area contributed by atoms with E-state index in [0.717, 1.165) is 37.7 Å². The van der Waals surface area contributed by atoms with Crippen LogP contribution in [-0.2, 0) is 4.74 Å². The molecule has 0 aromatic heterocycles. The van der Waals surface area contributed by atoms with Gasteiger partial charge in [0.15, 0.2) is 0 Å². The monoisotopic (exact) mass is 333 g/mol. The molecule has 1 aliphatic carbocycles. The van der Waals surface area contributed by atoms with Gasteiger partial charge in [-0.15, -0.1) is 0 Å². The number of anilines is 1. The maximum Gasteiger partial charge on any atom is 0.345 e. The Hall–Kier alpha value is -2.15. The highest BCUT2D eigenvalue weighted by Crippen LogP contribution is 2.30. The van der Waals surface area contributed by atoms with E-state index >= 15 is 0 Å². The molecule has 1 heterocycles. The largest absolute Gasteiger partial charge is 0.462 e. The van der Waals surface area contributed by atoms with E-state index < -0.39 is 10.9 Å². The highest BCUT2D eigenvalue weighted by atomic mass is 16.6. The molecule has 0 bridgehead atoms. The normalized spacial score (nSPS) is 19.0. The van der Waals surface area contributed by atoms with Gasteiger partial charge in [0.25, 0.3) is 5.69 Å². The summed E-state index contributed by atoms with van der Waals surface area (Å²) in [6, 6.07) is 5.68. The number of hydrogen-bond acceptors (Lipinski definition) is 6. The Morgan fingerprint density at radius 1 is 1.33 bits per heavy atom. The van der Waals surface area contributed by atoms with Crippen molar-refractivity contribution in [1.29, 1.82) is 0 Å². The highest BCUT2D eigenvalue weighted by molar-refractivity contribution is 5.95. The van der Waals surface area contributed by atoms with Gasteiger partial charge >= 0.3 is 5.97 Å². The van der Waals surface area contributed by atoms with Crippen molar-refractivity contribution in [1.82, 2.24) is 4.90 Å². The third-order valence-corrected chi connectivity index (χ3v) is 4.65. The summed E-state index contributed by atoms with van der Waals surface area (Å²) in [5, 5.41) is 14.5. The van der Waals surface area contributed by atoms with Gasteiger partial charge in [-0.05, 0) is 44.7 Å². The van der Waals surface area contributed by atoms with Crippen molar-refractivity contribution >= 4 is 17.3 Å². The van der Waals surface area contributed by atoms with Gasteiger partial charge in [0.2, 0.25) is 0 Å². The summed E-state index contributed by atoms with van der Waals surface area (Å²) in [7, 11) is 0. The number of nitrogens with one attached hydrogen (secondary N) is 1. The Morgan fingerprint density at radius 2 is 2.04 bits per heavy atom. The predicted molar refractivity (Wildman–Crippen MR) is 90.3 cm³/mol. The van der Waals surface area contributed by atoms with E-state index in [1.54, 1.807) is 13.0 Å². The molecule has 1 saturated carbocycles. The number of benzene rings is 1. The number of nitro groups is 1. The molecule has 1 aliphatic heterocycles. The first kappa shape index (κ1) is 16.7. The van der Waals surface area contributed by atoms with E-state index in [9.17, 15) is 14.9 Å². The second-order valence-electron chi connectivity index (χ2n) is 6.40. The van der Waals surface area contributed by atoms with Crippen LogP contribution in [0.4, 0.5) is 11.4 Å². The Balaban J connectivity index is 1.68. The van der Waals surface area contributed by atoms with Gasteiger partial charge in [-0.25, -0.2) is 4.79 Å². The van der Waals surface area contributed by atoms with Crippen LogP contribution in [0.1, 0.15) is 43.0 Å². The number of carbonyl (C=O) groups is 1. The van der Waals surface area contributed by atoms with E-state index in [1.807, 2.05) is 0 Å². The number of hydrogen-bond donors (Lipinski definition) is 1. The van der Waals surface area contributed by atoms with Gasteiger partial charge in [-0.1, -0.05) is 0 Å². The fourth-order valence-corrected chi connectivity index (χ4v) is 3.24. The second kappa shape index (κ2) is 7.17. The molecule has 7 nitrogen and oxygen atoms in total. The molecule has 3 rings (SSSR count). The average molecular weight is 333 g/mol. The zero-order valence-electron chi connectivity index (χ0n) is 13.9. The number of likely N-dealkylation sites (tertiary alicyclic amines) is 1. The fourth-order valence-electron chi connectivity index (χ4n) is 3.24. The van der Waals surface area contributed by atoms with Crippen LogP contribution in [0.3, 0.4) is 0 Å². The Labute approximate surface area is 141 Å². The maximum atomic E-state index is 12.0. The smallest absolute Gasteiger partial charge is 0.345 e. The second-order valence-corrected chi connectivity index (χ2v) is 6.40. The van der Waals surface area contributed by atoms with Gasteiger partial charge in [0.05, 0.1) is 11.5 Å². The lowest BCUT2D eigenvalue weighted by molar-refractivity contribution is -0.385. The summed E-state index contributed by atoms with van der Waals surface area (Å²) in [6.45, 7) is 4.03. The van der Waals surface area contributed by atoms with Crippen LogP contribution in [0.25, 0.3) is 0 Å². The molecule has 2 fully saturated rings. The number of nitro benzene ring substituents is 1. The van der Waals surface area contributed by atoms with E-state index in [2.05, 4.69) is 10.2 Å². The van der Waals surface area contributed by atoms with Gasteiger partial charge in [-0.2, -0.15) is 0 Å². The molecule has 1 N–H and O–H groups in total. The molecule has 24 heavy (non-hydrogen) atoms. The highest BCUT2D eigenvalue weighted by Gasteiger charge is 2.32. The van der Waals surface area contributed by atoms with Crippen LogP contribution in [0.5, 0.6) is 0 Å². The van der Waals surface area contributed by atoms with Crippen LogP contribution >= 0.6 is 0 Å². The summed E-state index contributed by atoms with van der Waals surface area (Å²) < 4.78 is 4.93. The average Bonchev–Trinajstić information content (AvgIpc) is 3.40. The lowest BCUT2D eigenvalue weighted by Gasteiger charge is -2.32. The van der Waals surface area contributed by atoms with E-state index in [1.165, 1.54) is 25.0 Å². The molecule has 0 unspecified atom stereocenters. The number of rotatable bonds is 6. The molecular formula is C17H23N3O4. The topological polar surface area (TPSA) is 84.7 Å². The summed E-state index contributed by atoms with van der Waals surface area (Å²) in [6.07, 6.45) is 4.73. The Morgan fingerprint density at radius 3 is 2.62 bits per heavy atom. The summed E-state index contributed by atoms with van der Waals surface area (Å²) in [5.41, 5.74) is 0.512. The zero-order chi connectivity index (χ0) is 17.1. The first-order valence-corrected chi connectivity index (χ1v) is 8.54. The molecule has 7 heteroatoms. The lowest BCUT2D eigenvalue weighted by Crippen LogP contribution is -2.40. The number of carbonyl (C=O) groups excluding carboxylic acids is 1. The first-order chi connectivity index (χ1) is 11.6. The molecule has 1 aromatic carbocycles. The first-order valence-electron chi connectivity index (χ1n) is 8.54. The molecule has 0 amide bonds. The van der Waals surface area contributed by atoms with Crippen molar-refractivity contribution in [3.63, 3.8) is 0 Å². The quantitative estimate of drug-likeness (QED) is 0.489. The van der Waals surface area contributed by atoms with Gasteiger partial charge in [0.1, 0.15) is 5.56 Å². The van der Waals surface area contributed by atoms with Gasteiger partial charge in [-0.3, -0.25) is 10.1 Å². The zero-order valence-corrected chi connectivity index (χ0v) is 13.9. The van der Waals surface area contributed by atoms with Crippen molar-refractivity contribution in [2.45, 2.75) is 44.7 Å². The van der Waals surface area contributed by atoms with E-state index in [4.69, 9.17) is 4.74 Å². The van der Waals surface area contributed by atoms with Crippen LogP contribution in [0.2, 0.25) is 0 Å². The van der Waals surface area contributed by atoms with Crippen molar-refractivity contribution in [3.05, 3.63) is 33.9 Å². The minimum atomic E-state index is -0.656. The number of nitrogens with zero attached hydrogens (tertiary/aromatic N) is 2. The molecule has 1 saturated heterocycles. The van der Waals surface area contributed by atoms with Crippen molar-refractivity contribution in [3.8, 4) is 0 Å². The maximum absolute atomic E-state index is 12.0. The van der Waals surface area contributed by atoms with Gasteiger partial charge in [0, 0.05) is 36.9 Å². The van der Waals surface area contributed by atoms with Gasteiger partial charge < -0.3 is 15.0 Å². The summed E-state index contributed by atoms with van der Waals surface area (Å²) in [4.78, 5) is 25.1. The summed E-state index contributed by atoms with van der Waals surface area (Å²) >= 11 is 0. The van der Waals surface area contributed by atoms with Crippen LogP contribution in [0.15, 0.2) is 18.2 Å². The molecule has 2 aliphatic rings. The molecule has 0 spiro atoms. The van der Waals surface area contributed by atoms with E-state index in [-0.39, 0.29) is 17.9 Å². The SMILES string of the molecule is CCOC(=O)c1cc(NC2CCN(C3CC3)CC2)ccc1[N+](=O)[O-]. The van der Waals surface area contributed by atoms with E-state index in [0.29, 0.717) is 6.04 Å². The van der Waals surface area contributed by atoms with Crippen LogP contribution in [0, 0.1) is 10.1 Å². The molecule has 0 atom stereocenters. The number of ether oxygens (including phenoxy) is 1. The Kier molecular flexibility index (Phi) is 4.99. The lowest BCUT2D eigenvalue weighted by atomic mass is 10.0. The molecular weight excluding hydrogens is 310 g/mol. The molecule has 1 aromatic rings. The van der Waals surface area contributed by atoms with Crippen molar-refractivity contribution in [2.75, 3.05) is 25.0 Å². The minimum Gasteiger partial charge on any atom is -0.462 e. The van der Waals surface area contributed by atoms with Crippen LogP contribution < -0.4 is 5.32 Å². The minimum absolute atomic E-state index is 0.00210. The fraction of sp³-hybridized carbons (Fsp3) is 0.588.